The first-order chi connectivity index (χ1) is 32.0. The summed E-state index contributed by atoms with van der Waals surface area (Å²) in [5, 5.41) is 0. The molecule has 1 atom stereocenters. The van der Waals surface area contributed by atoms with Gasteiger partial charge in [-0.1, -0.05) is 208 Å². The van der Waals surface area contributed by atoms with E-state index in [2.05, 4.69) is 118 Å². The molecule has 0 spiro atoms. The van der Waals surface area contributed by atoms with Gasteiger partial charge in [0.2, 0.25) is 0 Å². The van der Waals surface area contributed by atoms with E-state index in [0.29, 0.717) is 19.3 Å². The number of hydrogen-bond donors (Lipinski definition) is 0. The van der Waals surface area contributed by atoms with E-state index in [4.69, 9.17) is 14.2 Å². The Balaban J connectivity index is 4.31. The topological polar surface area (TPSA) is 78.9 Å². The lowest BCUT2D eigenvalue weighted by molar-refractivity contribution is -0.167. The fourth-order valence-corrected chi connectivity index (χ4v) is 6.99. The number of esters is 3. The van der Waals surface area contributed by atoms with E-state index in [1.165, 1.54) is 70.6 Å². The van der Waals surface area contributed by atoms with Crippen LogP contribution in [-0.2, 0) is 28.6 Å². The second-order valence-corrected chi connectivity index (χ2v) is 17.4. The van der Waals surface area contributed by atoms with Crippen molar-refractivity contribution in [1.29, 1.82) is 0 Å². The van der Waals surface area contributed by atoms with Gasteiger partial charge in [0.05, 0.1) is 0 Å². The first-order valence-corrected chi connectivity index (χ1v) is 26.7. The Bertz CT molecular complexity index is 1310. The predicted octanol–water partition coefficient (Wildman–Crippen LogP) is 17.8. The second kappa shape index (κ2) is 52.9. The van der Waals surface area contributed by atoms with Gasteiger partial charge in [0.15, 0.2) is 6.10 Å². The Kier molecular flexibility index (Phi) is 50.0. The first kappa shape index (κ1) is 61.3. The van der Waals surface area contributed by atoms with Gasteiger partial charge in [-0.15, -0.1) is 0 Å². The van der Waals surface area contributed by atoms with E-state index in [-0.39, 0.29) is 31.1 Å². The molecule has 0 aromatic heterocycles. The van der Waals surface area contributed by atoms with Crippen LogP contribution in [0, 0.1) is 0 Å². The van der Waals surface area contributed by atoms with Crippen molar-refractivity contribution in [3.05, 3.63) is 97.2 Å². The number of carbonyl (C=O) groups excluding carboxylic acids is 3. The normalized spacial score (nSPS) is 12.8. The SMILES string of the molecule is CC/C=C\C/C=C\C/C=C\C/C=C\C/C=C\C/C=C\CCCCCCCCC(=O)OCC(COC(=O)CCCCCCC/C=C\CCCC)OC(=O)CCCCCCC/C=C\CCCC. The molecule has 0 amide bonds. The molecule has 6 nitrogen and oxygen atoms in total. The maximum absolute atomic E-state index is 12.8. The van der Waals surface area contributed by atoms with Gasteiger partial charge in [0.1, 0.15) is 13.2 Å². The highest BCUT2D eigenvalue weighted by molar-refractivity contribution is 5.71. The van der Waals surface area contributed by atoms with Crippen LogP contribution in [0.3, 0.4) is 0 Å². The number of unbranched alkanes of at least 4 members (excludes halogenated alkanes) is 20. The van der Waals surface area contributed by atoms with Crippen LogP contribution in [0.4, 0.5) is 0 Å². The number of rotatable bonds is 47. The van der Waals surface area contributed by atoms with Gasteiger partial charge in [-0.3, -0.25) is 14.4 Å². The zero-order chi connectivity index (χ0) is 47.2. The van der Waals surface area contributed by atoms with Crippen LogP contribution in [0.2, 0.25) is 0 Å². The molecule has 0 aliphatic rings. The molecule has 370 valence electrons. The summed E-state index contributed by atoms with van der Waals surface area (Å²) in [6.45, 7) is 6.41. The zero-order valence-corrected chi connectivity index (χ0v) is 42.2. The summed E-state index contributed by atoms with van der Waals surface area (Å²) in [6.07, 6.45) is 69.7. The van der Waals surface area contributed by atoms with Crippen LogP contribution in [0.1, 0.15) is 239 Å². The van der Waals surface area contributed by atoms with Gasteiger partial charge in [0, 0.05) is 19.3 Å². The van der Waals surface area contributed by atoms with Crippen LogP contribution in [-0.4, -0.2) is 37.2 Å². The smallest absolute Gasteiger partial charge is 0.306 e. The first-order valence-electron chi connectivity index (χ1n) is 26.7. The Morgan fingerprint density at radius 1 is 0.323 bits per heavy atom. The molecule has 0 aliphatic heterocycles. The quantitative estimate of drug-likeness (QED) is 0.0262. The van der Waals surface area contributed by atoms with Crippen LogP contribution in [0.15, 0.2) is 97.2 Å². The molecule has 0 fully saturated rings. The third kappa shape index (κ3) is 51.2. The van der Waals surface area contributed by atoms with E-state index >= 15 is 0 Å². The van der Waals surface area contributed by atoms with Crippen LogP contribution in [0.25, 0.3) is 0 Å². The maximum Gasteiger partial charge on any atom is 0.306 e. The van der Waals surface area contributed by atoms with Gasteiger partial charge in [-0.25, -0.2) is 0 Å². The Hall–Kier alpha value is -3.67. The van der Waals surface area contributed by atoms with E-state index in [1.807, 2.05) is 0 Å². The van der Waals surface area contributed by atoms with Crippen LogP contribution >= 0.6 is 0 Å². The molecule has 65 heavy (non-hydrogen) atoms. The molecule has 0 saturated carbocycles. The number of hydrogen-bond acceptors (Lipinski definition) is 6. The molecular formula is C59H98O6. The van der Waals surface area contributed by atoms with Crippen LogP contribution in [0.5, 0.6) is 0 Å². The molecule has 0 heterocycles. The highest BCUT2D eigenvalue weighted by atomic mass is 16.6. The van der Waals surface area contributed by atoms with Crippen molar-refractivity contribution in [1.82, 2.24) is 0 Å². The van der Waals surface area contributed by atoms with Crippen LogP contribution < -0.4 is 0 Å². The summed E-state index contributed by atoms with van der Waals surface area (Å²) in [5.41, 5.74) is 0. The monoisotopic (exact) mass is 903 g/mol. The third-order valence-electron chi connectivity index (χ3n) is 11.0. The summed E-state index contributed by atoms with van der Waals surface area (Å²) < 4.78 is 16.7. The highest BCUT2D eigenvalue weighted by Gasteiger charge is 2.19. The second-order valence-electron chi connectivity index (χ2n) is 17.4. The van der Waals surface area contributed by atoms with E-state index in [1.54, 1.807) is 0 Å². The maximum atomic E-state index is 12.8. The Morgan fingerprint density at radius 2 is 0.600 bits per heavy atom. The molecule has 0 bridgehead atoms. The minimum atomic E-state index is -0.790. The standard InChI is InChI=1S/C59H98O6/c1-4-7-10-13-16-19-22-23-24-25-26-27-28-29-30-31-32-33-34-35-38-40-43-46-49-52-58(61)64-55-56(65-59(62)53-50-47-44-41-37-21-18-15-12-9-6-3)54-63-57(60)51-48-45-42-39-36-20-17-14-11-8-5-2/h7,10,14-19,23-24,26-27,29-30,32-33,56H,4-6,8-9,11-13,20-22,25,28,31,34-55H2,1-3H3/b10-7-,17-14-,18-15-,19-16-,24-23-,27-26-,30-29-,33-32-. The molecule has 0 N–H and O–H groups in total. The summed E-state index contributed by atoms with van der Waals surface area (Å²) in [7, 11) is 0. The lowest BCUT2D eigenvalue weighted by atomic mass is 10.1. The van der Waals surface area contributed by atoms with E-state index in [0.717, 1.165) is 128 Å². The molecule has 0 aromatic carbocycles. The van der Waals surface area contributed by atoms with Gasteiger partial charge in [-0.05, 0) is 109 Å². The summed E-state index contributed by atoms with van der Waals surface area (Å²) in [6, 6.07) is 0. The van der Waals surface area contributed by atoms with Crippen molar-refractivity contribution >= 4 is 17.9 Å². The van der Waals surface area contributed by atoms with Crippen molar-refractivity contribution in [3.8, 4) is 0 Å². The van der Waals surface area contributed by atoms with Crippen molar-refractivity contribution in [2.75, 3.05) is 13.2 Å². The van der Waals surface area contributed by atoms with E-state index in [9.17, 15) is 14.4 Å². The summed E-state index contributed by atoms with van der Waals surface area (Å²) in [5.74, 6) is -0.928. The fourth-order valence-electron chi connectivity index (χ4n) is 6.99. The lowest BCUT2D eigenvalue weighted by Gasteiger charge is -2.18. The minimum Gasteiger partial charge on any atom is -0.462 e. The Morgan fingerprint density at radius 3 is 0.954 bits per heavy atom. The fraction of sp³-hybridized carbons (Fsp3) is 0.678. The largest absolute Gasteiger partial charge is 0.462 e. The molecule has 6 heteroatoms. The third-order valence-corrected chi connectivity index (χ3v) is 11.0. The molecule has 0 saturated heterocycles. The van der Waals surface area contributed by atoms with Crippen molar-refractivity contribution < 1.29 is 28.6 Å². The Labute approximate surface area is 400 Å². The average molecular weight is 903 g/mol. The van der Waals surface area contributed by atoms with Gasteiger partial charge < -0.3 is 14.2 Å². The van der Waals surface area contributed by atoms with Gasteiger partial charge in [-0.2, -0.15) is 0 Å². The number of carbonyl (C=O) groups is 3. The van der Waals surface area contributed by atoms with Crippen molar-refractivity contribution in [2.24, 2.45) is 0 Å². The minimum absolute atomic E-state index is 0.0907. The lowest BCUT2D eigenvalue weighted by Crippen LogP contribution is -2.30. The van der Waals surface area contributed by atoms with Crippen molar-refractivity contribution in [2.45, 2.75) is 245 Å². The van der Waals surface area contributed by atoms with Gasteiger partial charge in [0.25, 0.3) is 0 Å². The van der Waals surface area contributed by atoms with E-state index < -0.39 is 6.10 Å². The number of ether oxygens (including phenoxy) is 3. The molecule has 0 rings (SSSR count). The zero-order valence-electron chi connectivity index (χ0n) is 42.2. The molecule has 0 radical (unpaired) electrons. The van der Waals surface area contributed by atoms with Crippen molar-refractivity contribution in [3.63, 3.8) is 0 Å². The average Bonchev–Trinajstić information content (AvgIpc) is 3.30. The number of allylic oxidation sites excluding steroid dienone is 16. The highest BCUT2D eigenvalue weighted by Crippen LogP contribution is 2.13. The molecule has 0 aromatic rings. The predicted molar refractivity (Wildman–Crippen MR) is 279 cm³/mol. The van der Waals surface area contributed by atoms with Gasteiger partial charge >= 0.3 is 17.9 Å². The molecular weight excluding hydrogens is 805 g/mol. The summed E-state index contributed by atoms with van der Waals surface area (Å²) in [4.78, 5) is 37.9. The summed E-state index contributed by atoms with van der Waals surface area (Å²) >= 11 is 0. The molecule has 0 aliphatic carbocycles. The molecule has 1 unspecified atom stereocenters.